The maximum Gasteiger partial charge on any atom is 0.191 e. The number of hydrogen-bond acceptors (Lipinski definition) is 2. The number of benzene rings is 1. The maximum absolute atomic E-state index is 10.3. The molecule has 1 heterocycles. The minimum Gasteiger partial charge on any atom is -0.387 e. The first kappa shape index (κ1) is 18.6. The van der Waals surface area contributed by atoms with Crippen LogP contribution < -0.4 is 10.6 Å². The van der Waals surface area contributed by atoms with Crippen molar-refractivity contribution >= 4 is 29.2 Å². The van der Waals surface area contributed by atoms with Crippen LogP contribution in [-0.2, 0) is 13.6 Å². The van der Waals surface area contributed by atoms with Crippen molar-refractivity contribution in [1.29, 1.82) is 0 Å². The molecular formula is C17H22Cl2N4O. The number of nitrogens with one attached hydrogen (secondary N) is 2. The van der Waals surface area contributed by atoms with Crippen LogP contribution in [0.4, 0.5) is 0 Å². The molecule has 1 aromatic carbocycles. The zero-order valence-corrected chi connectivity index (χ0v) is 15.3. The summed E-state index contributed by atoms with van der Waals surface area (Å²) in [6.07, 6.45) is 3.27. The Morgan fingerprint density at radius 1 is 1.25 bits per heavy atom. The smallest absolute Gasteiger partial charge is 0.191 e. The van der Waals surface area contributed by atoms with Gasteiger partial charge in [0.25, 0.3) is 0 Å². The van der Waals surface area contributed by atoms with Gasteiger partial charge in [0.1, 0.15) is 0 Å². The Balaban J connectivity index is 1.97. The van der Waals surface area contributed by atoms with E-state index in [0.717, 1.165) is 12.1 Å². The number of halogens is 2. The third kappa shape index (κ3) is 5.74. The number of aliphatic imine (C=N–C) groups is 1. The Hall–Kier alpha value is -1.69. The van der Waals surface area contributed by atoms with Crippen LogP contribution in [-0.4, -0.2) is 28.7 Å². The fourth-order valence-electron chi connectivity index (χ4n) is 2.25. The highest BCUT2D eigenvalue weighted by Gasteiger charge is 2.10. The molecule has 5 nitrogen and oxygen atoms in total. The molecular weight excluding hydrogens is 347 g/mol. The Morgan fingerprint density at radius 2 is 1.96 bits per heavy atom. The van der Waals surface area contributed by atoms with E-state index < -0.39 is 6.10 Å². The summed E-state index contributed by atoms with van der Waals surface area (Å²) in [7, 11) is 1.98. The van der Waals surface area contributed by atoms with Crippen LogP contribution in [0.25, 0.3) is 0 Å². The van der Waals surface area contributed by atoms with E-state index in [2.05, 4.69) is 15.6 Å². The predicted octanol–water partition coefficient (Wildman–Crippen LogP) is 3.12. The highest BCUT2D eigenvalue weighted by atomic mass is 35.5. The van der Waals surface area contributed by atoms with Crippen LogP contribution in [0, 0.1) is 0 Å². The molecule has 130 valence electrons. The highest BCUT2D eigenvalue weighted by Crippen LogP contribution is 2.23. The fraction of sp³-hybridized carbons (Fsp3) is 0.353. The van der Waals surface area contributed by atoms with Crippen LogP contribution in [0.1, 0.15) is 24.2 Å². The van der Waals surface area contributed by atoms with Gasteiger partial charge in [-0.15, -0.1) is 0 Å². The van der Waals surface area contributed by atoms with Crippen molar-refractivity contribution in [2.45, 2.75) is 19.6 Å². The van der Waals surface area contributed by atoms with Crippen LogP contribution in [0.15, 0.2) is 41.7 Å². The molecule has 2 aromatic rings. The summed E-state index contributed by atoms with van der Waals surface area (Å²) in [5.74, 6) is 0.647. The van der Waals surface area contributed by atoms with Crippen molar-refractivity contribution in [3.05, 3.63) is 57.8 Å². The van der Waals surface area contributed by atoms with Crippen LogP contribution in [0.3, 0.4) is 0 Å². The molecule has 0 aliphatic rings. The van der Waals surface area contributed by atoms with Gasteiger partial charge in [-0.1, -0.05) is 23.2 Å². The van der Waals surface area contributed by atoms with E-state index in [1.54, 1.807) is 18.2 Å². The maximum atomic E-state index is 10.3. The first-order valence-corrected chi connectivity index (χ1v) is 8.50. The summed E-state index contributed by atoms with van der Waals surface area (Å²) in [5, 5.41) is 17.6. The van der Waals surface area contributed by atoms with Gasteiger partial charge in [0.15, 0.2) is 5.96 Å². The number of aromatic nitrogens is 1. The standard InChI is InChI=1S/C17H22Cl2N4O/c1-3-20-17(21-9-12-4-5-23(2)11-12)22-10-16(24)13-6-14(18)8-15(19)7-13/h4-8,11,16,24H,3,9-10H2,1-2H3,(H2,20,21,22). The van der Waals surface area contributed by atoms with Gasteiger partial charge in [-0.05, 0) is 42.3 Å². The second kappa shape index (κ2) is 8.97. The Kier molecular flexibility index (Phi) is 6.97. The van der Waals surface area contributed by atoms with Crippen molar-refractivity contribution < 1.29 is 5.11 Å². The van der Waals surface area contributed by atoms with Gasteiger partial charge in [-0.2, -0.15) is 0 Å². The monoisotopic (exact) mass is 368 g/mol. The van der Waals surface area contributed by atoms with Crippen molar-refractivity contribution in [3.63, 3.8) is 0 Å². The minimum absolute atomic E-state index is 0.303. The lowest BCUT2D eigenvalue weighted by Crippen LogP contribution is -2.39. The summed E-state index contributed by atoms with van der Waals surface area (Å²) < 4.78 is 1.98. The largest absolute Gasteiger partial charge is 0.387 e. The number of aryl methyl sites for hydroxylation is 1. The lowest BCUT2D eigenvalue weighted by atomic mass is 10.1. The van der Waals surface area contributed by atoms with Crippen molar-refractivity contribution in [2.24, 2.45) is 12.0 Å². The van der Waals surface area contributed by atoms with Crippen molar-refractivity contribution in [1.82, 2.24) is 15.2 Å². The zero-order valence-electron chi connectivity index (χ0n) is 13.8. The molecule has 3 N–H and O–H groups in total. The van der Waals surface area contributed by atoms with Gasteiger partial charge < -0.3 is 20.3 Å². The van der Waals surface area contributed by atoms with Gasteiger partial charge in [-0.3, -0.25) is 0 Å². The summed E-state index contributed by atoms with van der Waals surface area (Å²) in [5.41, 5.74) is 1.79. The molecule has 1 unspecified atom stereocenters. The number of guanidine groups is 1. The van der Waals surface area contributed by atoms with Crippen molar-refractivity contribution in [3.8, 4) is 0 Å². The molecule has 7 heteroatoms. The summed E-state index contributed by atoms with van der Waals surface area (Å²) in [4.78, 5) is 4.52. The van der Waals surface area contributed by atoms with Crippen LogP contribution in [0.2, 0.25) is 10.0 Å². The van der Waals surface area contributed by atoms with Crippen LogP contribution in [0.5, 0.6) is 0 Å². The van der Waals surface area contributed by atoms with Gasteiger partial charge in [0.05, 0.1) is 12.6 Å². The molecule has 0 aliphatic carbocycles. The first-order valence-electron chi connectivity index (χ1n) is 7.75. The van der Waals surface area contributed by atoms with E-state index in [0.29, 0.717) is 34.7 Å². The van der Waals surface area contributed by atoms with Gasteiger partial charge in [0, 0.05) is 42.6 Å². The lowest BCUT2D eigenvalue weighted by Gasteiger charge is -2.16. The van der Waals surface area contributed by atoms with E-state index in [1.807, 2.05) is 37.0 Å². The van der Waals surface area contributed by atoms with E-state index in [1.165, 1.54) is 0 Å². The lowest BCUT2D eigenvalue weighted by molar-refractivity contribution is 0.181. The Labute approximate surface area is 152 Å². The topological polar surface area (TPSA) is 61.6 Å². The normalized spacial score (nSPS) is 13.0. The van der Waals surface area contributed by atoms with E-state index >= 15 is 0 Å². The third-order valence-electron chi connectivity index (χ3n) is 3.39. The van der Waals surface area contributed by atoms with Gasteiger partial charge in [-0.25, -0.2) is 4.99 Å². The molecule has 0 aliphatic heterocycles. The highest BCUT2D eigenvalue weighted by molar-refractivity contribution is 6.34. The second-order valence-corrected chi connectivity index (χ2v) is 6.35. The van der Waals surface area contributed by atoms with E-state index in [4.69, 9.17) is 23.2 Å². The third-order valence-corrected chi connectivity index (χ3v) is 3.83. The Morgan fingerprint density at radius 3 is 2.54 bits per heavy atom. The molecule has 0 radical (unpaired) electrons. The molecule has 0 fully saturated rings. The number of aliphatic hydroxyl groups excluding tert-OH is 1. The number of rotatable bonds is 6. The first-order chi connectivity index (χ1) is 11.5. The molecule has 0 saturated carbocycles. The Bertz CT molecular complexity index is 679. The van der Waals surface area contributed by atoms with Gasteiger partial charge in [0.2, 0.25) is 0 Å². The number of nitrogens with zero attached hydrogens (tertiary/aromatic N) is 2. The quantitative estimate of drug-likeness (QED) is 0.542. The number of aliphatic hydroxyl groups is 1. The van der Waals surface area contributed by atoms with Crippen LogP contribution >= 0.6 is 23.2 Å². The zero-order chi connectivity index (χ0) is 17.5. The summed E-state index contributed by atoms with van der Waals surface area (Å²) in [6.45, 7) is 3.60. The fourth-order valence-corrected chi connectivity index (χ4v) is 2.79. The SMILES string of the molecule is CCNC(=NCc1ccn(C)c1)NCC(O)c1cc(Cl)cc(Cl)c1. The second-order valence-electron chi connectivity index (χ2n) is 5.48. The molecule has 0 spiro atoms. The average Bonchev–Trinajstić information content (AvgIpc) is 2.94. The van der Waals surface area contributed by atoms with Crippen molar-refractivity contribution in [2.75, 3.05) is 13.1 Å². The van der Waals surface area contributed by atoms with E-state index in [-0.39, 0.29) is 0 Å². The molecule has 1 aromatic heterocycles. The van der Waals surface area contributed by atoms with E-state index in [9.17, 15) is 5.11 Å². The molecule has 0 saturated heterocycles. The van der Waals surface area contributed by atoms with Gasteiger partial charge >= 0.3 is 0 Å². The molecule has 2 rings (SSSR count). The average molecular weight is 369 g/mol. The summed E-state index contributed by atoms with van der Waals surface area (Å²) in [6, 6.07) is 7.07. The predicted molar refractivity (Wildman–Crippen MR) is 99.7 cm³/mol. The molecule has 0 bridgehead atoms. The molecule has 1 atom stereocenters. The molecule has 0 amide bonds. The number of hydrogen-bond donors (Lipinski definition) is 3. The molecule has 24 heavy (non-hydrogen) atoms. The minimum atomic E-state index is -0.734. The summed E-state index contributed by atoms with van der Waals surface area (Å²) >= 11 is 11.9.